The molecule has 3 aliphatic rings. The molecule has 2 atom stereocenters. The van der Waals surface area contributed by atoms with Gasteiger partial charge in [0.05, 0.1) is 13.2 Å². The summed E-state index contributed by atoms with van der Waals surface area (Å²) in [6.07, 6.45) is 13.2. The van der Waals surface area contributed by atoms with Crippen LogP contribution < -0.4 is 15.1 Å². The number of rotatable bonds is 3. The minimum Gasteiger partial charge on any atom is -0.508 e. The van der Waals surface area contributed by atoms with E-state index in [1.807, 2.05) is 23.5 Å². The maximum atomic E-state index is 10.3. The van der Waals surface area contributed by atoms with Crippen molar-refractivity contribution in [3.8, 4) is 0 Å². The van der Waals surface area contributed by atoms with Crippen LogP contribution in [0.4, 0.5) is 0 Å². The Morgan fingerprint density at radius 2 is 2.14 bits per heavy atom. The summed E-state index contributed by atoms with van der Waals surface area (Å²) in [6.45, 7) is 0. The number of hydrogen-bond donors (Lipinski definition) is 2. The molecule has 2 N–H and O–H groups in total. The molecule has 1 aromatic carbocycles. The van der Waals surface area contributed by atoms with Crippen LogP contribution in [0.3, 0.4) is 0 Å². The molecular formula is C23H22N2O2S. The molecular weight excluding hydrogens is 368 g/mol. The summed E-state index contributed by atoms with van der Waals surface area (Å²) in [6, 6.07) is 8.65. The van der Waals surface area contributed by atoms with E-state index in [-0.39, 0.29) is 6.04 Å². The van der Waals surface area contributed by atoms with Gasteiger partial charge in [0.1, 0.15) is 11.6 Å². The number of aliphatic hydroxyl groups is 1. The fraction of sp³-hybridized carbons (Fsp3) is 0.261. The van der Waals surface area contributed by atoms with Gasteiger partial charge in [-0.05, 0) is 42.0 Å². The van der Waals surface area contributed by atoms with Crippen LogP contribution in [0.1, 0.15) is 19.3 Å². The fourth-order valence-corrected chi connectivity index (χ4v) is 5.25. The highest BCUT2D eigenvalue weighted by atomic mass is 32.1. The minimum atomic E-state index is 0.0664. The smallest absolute Gasteiger partial charge is 0.212 e. The lowest BCUT2D eigenvalue weighted by atomic mass is 9.90. The van der Waals surface area contributed by atoms with Gasteiger partial charge in [0.2, 0.25) is 5.88 Å². The van der Waals surface area contributed by atoms with E-state index in [0.29, 0.717) is 17.6 Å². The lowest BCUT2D eigenvalue weighted by Gasteiger charge is -2.29. The first kappa shape index (κ1) is 17.3. The molecule has 1 aromatic heterocycles. The second-order valence-electron chi connectivity index (χ2n) is 7.29. The Labute approximate surface area is 167 Å². The van der Waals surface area contributed by atoms with E-state index >= 15 is 0 Å². The Morgan fingerprint density at radius 1 is 1.25 bits per heavy atom. The van der Waals surface area contributed by atoms with Crippen molar-refractivity contribution >= 4 is 39.4 Å². The Kier molecular flexibility index (Phi) is 4.32. The Hall–Kier alpha value is -2.79. The number of benzene rings is 1. The zero-order valence-corrected chi connectivity index (χ0v) is 16.5. The normalized spacial score (nSPS) is 23.9. The van der Waals surface area contributed by atoms with Gasteiger partial charge in [0.15, 0.2) is 0 Å². The number of nitrogens with one attached hydrogen (secondary N) is 1. The molecule has 0 fully saturated rings. The molecule has 0 bridgehead atoms. The molecule has 0 radical (unpaired) electrons. The predicted octanol–water partition coefficient (Wildman–Crippen LogP) is 3.50. The third-order valence-electron chi connectivity index (χ3n) is 5.57. The summed E-state index contributed by atoms with van der Waals surface area (Å²) in [7, 11) is 1.64. The quantitative estimate of drug-likeness (QED) is 0.843. The third kappa shape index (κ3) is 2.96. The highest BCUT2D eigenvalue weighted by molar-refractivity contribution is 7.17. The highest BCUT2D eigenvalue weighted by Crippen LogP contribution is 2.26. The van der Waals surface area contributed by atoms with Gasteiger partial charge in [0.25, 0.3) is 0 Å². The van der Waals surface area contributed by atoms with Crippen LogP contribution in [-0.2, 0) is 4.74 Å². The van der Waals surface area contributed by atoms with E-state index in [4.69, 9.17) is 4.74 Å². The van der Waals surface area contributed by atoms with E-state index in [1.165, 1.54) is 19.8 Å². The van der Waals surface area contributed by atoms with Gasteiger partial charge in [-0.25, -0.2) is 0 Å². The van der Waals surface area contributed by atoms with Crippen LogP contribution in [-0.4, -0.2) is 24.1 Å². The molecule has 142 valence electrons. The zero-order chi connectivity index (χ0) is 19.1. The van der Waals surface area contributed by atoms with Crippen molar-refractivity contribution < 1.29 is 9.84 Å². The number of ether oxygens (including phenoxy) is 1. The number of aliphatic imine (C=N–C) groups is 1. The fourth-order valence-electron chi connectivity index (χ4n) is 4.11. The van der Waals surface area contributed by atoms with Gasteiger partial charge in [0, 0.05) is 26.8 Å². The first-order valence-electron chi connectivity index (χ1n) is 9.62. The van der Waals surface area contributed by atoms with Gasteiger partial charge >= 0.3 is 0 Å². The summed E-state index contributed by atoms with van der Waals surface area (Å²) < 4.78 is 8.17. The lowest BCUT2D eigenvalue weighted by Crippen LogP contribution is -2.43. The molecule has 2 heterocycles. The van der Waals surface area contributed by atoms with E-state index in [9.17, 15) is 5.11 Å². The van der Waals surface area contributed by atoms with Crippen molar-refractivity contribution in [2.24, 2.45) is 10.9 Å². The predicted molar refractivity (Wildman–Crippen MR) is 116 cm³/mol. The number of aliphatic hydroxyl groups excluding tert-OH is 1. The molecule has 2 aliphatic carbocycles. The Morgan fingerprint density at radius 3 is 3.00 bits per heavy atom. The molecule has 1 aliphatic heterocycles. The largest absolute Gasteiger partial charge is 0.508 e. The van der Waals surface area contributed by atoms with Gasteiger partial charge in [-0.15, -0.1) is 11.3 Å². The first-order chi connectivity index (χ1) is 13.7. The van der Waals surface area contributed by atoms with E-state index in [2.05, 4.69) is 46.7 Å². The average Bonchev–Trinajstić information content (AvgIpc) is 3.11. The topological polar surface area (TPSA) is 53.8 Å². The third-order valence-corrected chi connectivity index (χ3v) is 6.75. The zero-order valence-electron chi connectivity index (χ0n) is 15.7. The SMILES string of the molecule is COC1=CC(C2C=c3c(sc4ccccc34)=CC2)NC(C2=C(O)C=CCC2)=N1. The molecule has 5 rings (SSSR count). The van der Waals surface area contributed by atoms with E-state index in [0.717, 1.165) is 30.7 Å². The number of allylic oxidation sites excluding steroid dienone is 2. The van der Waals surface area contributed by atoms with Crippen molar-refractivity contribution in [3.05, 3.63) is 69.5 Å². The molecule has 28 heavy (non-hydrogen) atoms. The Balaban J connectivity index is 1.52. The molecule has 2 unspecified atom stereocenters. The van der Waals surface area contributed by atoms with Crippen LogP contribution in [0.25, 0.3) is 22.2 Å². The Bertz CT molecular complexity index is 1180. The number of nitrogens with zero attached hydrogens (tertiary/aromatic N) is 1. The molecule has 4 nitrogen and oxygen atoms in total. The molecule has 0 spiro atoms. The molecule has 0 amide bonds. The van der Waals surface area contributed by atoms with Crippen molar-refractivity contribution in [3.63, 3.8) is 0 Å². The number of fused-ring (bicyclic) bond motifs is 3. The maximum Gasteiger partial charge on any atom is 0.212 e. The van der Waals surface area contributed by atoms with E-state index in [1.54, 1.807) is 13.2 Å². The second kappa shape index (κ2) is 6.99. The van der Waals surface area contributed by atoms with E-state index < -0.39 is 0 Å². The molecule has 0 saturated heterocycles. The average molecular weight is 391 g/mol. The summed E-state index contributed by atoms with van der Waals surface area (Å²) in [5.41, 5.74) is 0.858. The number of methoxy groups -OCH3 is 1. The molecule has 5 heteroatoms. The van der Waals surface area contributed by atoms with Crippen LogP contribution in [0, 0.1) is 5.92 Å². The summed E-state index contributed by atoms with van der Waals surface area (Å²) in [4.78, 5) is 4.57. The number of thiophene rings is 1. The van der Waals surface area contributed by atoms with Gasteiger partial charge in [-0.2, -0.15) is 4.99 Å². The van der Waals surface area contributed by atoms with Crippen molar-refractivity contribution in [1.82, 2.24) is 5.32 Å². The minimum absolute atomic E-state index is 0.0664. The monoisotopic (exact) mass is 390 g/mol. The highest BCUT2D eigenvalue weighted by Gasteiger charge is 2.27. The van der Waals surface area contributed by atoms with Crippen molar-refractivity contribution in [2.75, 3.05) is 7.11 Å². The summed E-state index contributed by atoms with van der Waals surface area (Å²) in [5.74, 6) is 1.91. The summed E-state index contributed by atoms with van der Waals surface area (Å²) >= 11 is 1.86. The van der Waals surface area contributed by atoms with Gasteiger partial charge in [-0.3, -0.25) is 0 Å². The second-order valence-corrected chi connectivity index (χ2v) is 8.37. The lowest BCUT2D eigenvalue weighted by molar-refractivity contribution is 0.280. The maximum absolute atomic E-state index is 10.3. The molecule has 0 saturated carbocycles. The van der Waals surface area contributed by atoms with Crippen LogP contribution in [0.2, 0.25) is 0 Å². The number of hydrogen-bond acceptors (Lipinski definition) is 5. The van der Waals surface area contributed by atoms with Crippen molar-refractivity contribution in [2.45, 2.75) is 25.3 Å². The summed E-state index contributed by atoms with van der Waals surface area (Å²) in [5, 5.41) is 16.5. The van der Waals surface area contributed by atoms with Crippen LogP contribution in [0.15, 0.2) is 64.7 Å². The van der Waals surface area contributed by atoms with Gasteiger partial charge in [-0.1, -0.05) is 36.4 Å². The standard InChI is InChI=1S/C23H22N2O2S/c1-27-22-13-18(24-23(25-22)16-7-2-4-8-19(16)26)14-10-11-21-17(12-14)15-6-3-5-9-20(15)28-21/h3-6,8-9,11-14,18,26H,2,7,10H2,1H3,(H,24,25). The van der Waals surface area contributed by atoms with Crippen molar-refractivity contribution in [1.29, 1.82) is 0 Å². The van der Waals surface area contributed by atoms with Crippen LogP contribution >= 0.6 is 11.3 Å². The number of amidine groups is 1. The van der Waals surface area contributed by atoms with Crippen LogP contribution in [0.5, 0.6) is 0 Å². The molecule has 2 aromatic rings. The first-order valence-corrected chi connectivity index (χ1v) is 10.4. The van der Waals surface area contributed by atoms with Gasteiger partial charge < -0.3 is 15.2 Å².